The Kier molecular flexibility index (Phi) is 4.15. The summed E-state index contributed by atoms with van der Waals surface area (Å²) in [7, 11) is 0. The van der Waals surface area contributed by atoms with Crippen LogP contribution in [0.4, 0.5) is 0 Å². The maximum atomic E-state index is 8.78. The van der Waals surface area contributed by atoms with Crippen molar-refractivity contribution in [1.29, 1.82) is 0 Å². The monoisotopic (exact) mass is 555 g/mol. The topological polar surface area (TPSA) is 31.0 Å². The molecule has 0 saturated carbocycles. The van der Waals surface area contributed by atoms with E-state index in [1.165, 1.54) is 0 Å². The molecule has 0 aliphatic heterocycles. The number of imidazole rings is 1. The highest BCUT2D eigenvalue weighted by molar-refractivity contribution is 6.24. The summed E-state index contributed by atoms with van der Waals surface area (Å²) in [6, 6.07) is 34.8. The summed E-state index contributed by atoms with van der Waals surface area (Å²) in [5.74, 6) is 0.841. The van der Waals surface area contributed by atoms with Crippen LogP contribution >= 0.6 is 0 Å². The third-order valence-corrected chi connectivity index (χ3v) is 8.41. The van der Waals surface area contributed by atoms with Crippen LogP contribution in [0, 0.1) is 6.92 Å². The molecule has 3 nitrogen and oxygen atoms in total. The first-order chi connectivity index (χ1) is 23.3. The van der Waals surface area contributed by atoms with E-state index in [2.05, 4.69) is 34.9 Å². The number of furan rings is 1. The van der Waals surface area contributed by atoms with Crippen molar-refractivity contribution in [3.8, 4) is 27.9 Å². The van der Waals surface area contributed by atoms with Crippen LogP contribution in [0.5, 0.6) is 0 Å². The van der Waals surface area contributed by atoms with E-state index in [1.54, 1.807) is 0 Å². The number of hydrogen-bond acceptors (Lipinski definition) is 2. The average molecular weight is 556 g/mol. The van der Waals surface area contributed by atoms with Crippen LogP contribution in [0.3, 0.4) is 0 Å². The summed E-state index contributed by atoms with van der Waals surface area (Å²) < 4.78 is 51.0. The van der Waals surface area contributed by atoms with E-state index in [-0.39, 0.29) is 29.7 Å². The standard InChI is InChI=1S/C40H26N2O/c1-25-41-34-18-8-9-19-35(34)42(25)40-29-15-6-5-14-28(29)38(33-24-27(22-23-30(33)40)26-12-3-2-4-13-26)32-17-11-21-37-39(32)31-16-7-10-20-36(31)43-37/h2-24H,1H3/i2D,3D,4D,12D,13D. The van der Waals surface area contributed by atoms with Crippen molar-refractivity contribution in [2.24, 2.45) is 0 Å². The lowest BCUT2D eigenvalue weighted by molar-refractivity contribution is 0.669. The first kappa shape index (κ1) is 19.5. The molecule has 2 heterocycles. The van der Waals surface area contributed by atoms with Crippen molar-refractivity contribution in [2.45, 2.75) is 6.92 Å². The van der Waals surface area contributed by atoms with Gasteiger partial charge in [0.15, 0.2) is 0 Å². The minimum absolute atomic E-state index is 0.166. The lowest BCUT2D eigenvalue weighted by Gasteiger charge is -2.20. The molecule has 7 aromatic carbocycles. The SMILES string of the molecule is [2H]c1c([2H])c([2H])c(-c2ccc3c(-n4c(C)nc5ccccc54)c4ccccc4c(-c4cccc5oc6ccccc6c45)c3c2)c([2H])c1[2H]. The Morgan fingerprint density at radius 1 is 0.628 bits per heavy atom. The van der Waals surface area contributed by atoms with Crippen molar-refractivity contribution < 1.29 is 11.3 Å². The van der Waals surface area contributed by atoms with Crippen LogP contribution in [0.1, 0.15) is 12.7 Å². The number of aryl methyl sites for hydroxylation is 1. The molecular formula is C40H26N2O. The van der Waals surface area contributed by atoms with E-state index in [4.69, 9.17) is 16.3 Å². The molecule has 0 N–H and O–H groups in total. The van der Waals surface area contributed by atoms with Crippen molar-refractivity contribution in [3.63, 3.8) is 0 Å². The van der Waals surface area contributed by atoms with Crippen LogP contribution < -0.4 is 0 Å². The molecule has 0 amide bonds. The fraction of sp³-hybridized carbons (Fsp3) is 0.0250. The second-order valence-corrected chi connectivity index (χ2v) is 10.8. The first-order valence-corrected chi connectivity index (χ1v) is 14.2. The van der Waals surface area contributed by atoms with Gasteiger partial charge in [0.2, 0.25) is 0 Å². The lowest BCUT2D eigenvalue weighted by atomic mass is 9.87. The number of para-hydroxylation sites is 3. The van der Waals surface area contributed by atoms with E-state index >= 15 is 0 Å². The molecule has 0 spiro atoms. The number of fused-ring (bicyclic) bond motifs is 6. The number of benzene rings is 7. The molecule has 2 aromatic heterocycles. The molecule has 0 bridgehead atoms. The van der Waals surface area contributed by atoms with Crippen molar-refractivity contribution in [2.75, 3.05) is 0 Å². The van der Waals surface area contributed by atoms with Gasteiger partial charge in [-0.25, -0.2) is 4.98 Å². The Morgan fingerprint density at radius 2 is 1.35 bits per heavy atom. The van der Waals surface area contributed by atoms with Gasteiger partial charge in [0.25, 0.3) is 0 Å². The molecule has 0 aliphatic carbocycles. The van der Waals surface area contributed by atoms with Crippen LogP contribution in [0.25, 0.3) is 82.5 Å². The normalized spacial score (nSPS) is 13.5. The van der Waals surface area contributed by atoms with Crippen LogP contribution in [-0.4, -0.2) is 9.55 Å². The molecular weight excluding hydrogens is 524 g/mol. The van der Waals surface area contributed by atoms with Crippen LogP contribution in [-0.2, 0) is 0 Å². The number of rotatable bonds is 3. The average Bonchev–Trinajstić information content (AvgIpc) is 3.66. The van der Waals surface area contributed by atoms with Gasteiger partial charge in [0, 0.05) is 21.5 Å². The van der Waals surface area contributed by atoms with E-state index in [1.807, 2.05) is 85.8 Å². The van der Waals surface area contributed by atoms with Crippen molar-refractivity contribution in [1.82, 2.24) is 9.55 Å². The highest BCUT2D eigenvalue weighted by Gasteiger charge is 2.22. The zero-order valence-corrected chi connectivity index (χ0v) is 23.2. The van der Waals surface area contributed by atoms with Crippen molar-refractivity contribution in [3.05, 3.63) is 145 Å². The second-order valence-electron chi connectivity index (χ2n) is 10.8. The highest BCUT2D eigenvalue weighted by atomic mass is 16.3. The summed E-state index contributed by atoms with van der Waals surface area (Å²) in [6.07, 6.45) is 0. The van der Waals surface area contributed by atoms with E-state index in [9.17, 15) is 0 Å². The maximum absolute atomic E-state index is 8.78. The summed E-state index contributed by atoms with van der Waals surface area (Å²) in [5.41, 5.74) is 7.06. The van der Waals surface area contributed by atoms with Gasteiger partial charge in [-0.2, -0.15) is 0 Å². The number of aromatic nitrogens is 2. The molecule has 202 valence electrons. The van der Waals surface area contributed by atoms with Gasteiger partial charge in [-0.15, -0.1) is 0 Å². The largest absolute Gasteiger partial charge is 0.456 e. The lowest BCUT2D eigenvalue weighted by Crippen LogP contribution is -2.01. The molecule has 0 aliphatic rings. The molecule has 9 rings (SSSR count). The predicted molar refractivity (Wildman–Crippen MR) is 179 cm³/mol. The first-order valence-electron chi connectivity index (χ1n) is 16.7. The van der Waals surface area contributed by atoms with Gasteiger partial charge in [0.05, 0.1) is 23.6 Å². The summed E-state index contributed by atoms with van der Waals surface area (Å²) in [5, 5.41) is 5.85. The Bertz CT molecular complexity index is 2790. The fourth-order valence-electron chi connectivity index (χ4n) is 6.65. The number of hydrogen-bond donors (Lipinski definition) is 0. The Hall–Kier alpha value is -5.67. The van der Waals surface area contributed by atoms with E-state index in [0.717, 1.165) is 77.2 Å². The molecule has 43 heavy (non-hydrogen) atoms. The van der Waals surface area contributed by atoms with Gasteiger partial charge >= 0.3 is 0 Å². The molecule has 3 heteroatoms. The van der Waals surface area contributed by atoms with Gasteiger partial charge in [-0.1, -0.05) is 109 Å². The molecule has 0 radical (unpaired) electrons. The quantitative estimate of drug-likeness (QED) is 0.203. The molecule has 0 saturated heterocycles. The van der Waals surface area contributed by atoms with Gasteiger partial charge < -0.3 is 4.42 Å². The zero-order valence-electron chi connectivity index (χ0n) is 28.2. The number of nitrogens with zero attached hydrogens (tertiary/aromatic N) is 2. The predicted octanol–water partition coefficient (Wildman–Crippen LogP) is 10.9. The highest BCUT2D eigenvalue weighted by Crippen LogP contribution is 2.46. The van der Waals surface area contributed by atoms with Gasteiger partial charge in [-0.3, -0.25) is 4.57 Å². The Labute approximate surface area is 255 Å². The molecule has 9 aromatic rings. The maximum Gasteiger partial charge on any atom is 0.136 e. The summed E-state index contributed by atoms with van der Waals surface area (Å²) in [6.45, 7) is 2.01. The van der Waals surface area contributed by atoms with E-state index in [0.29, 0.717) is 5.56 Å². The summed E-state index contributed by atoms with van der Waals surface area (Å²) in [4.78, 5) is 4.91. The molecule has 0 atom stereocenters. The zero-order chi connectivity index (χ0) is 32.8. The van der Waals surface area contributed by atoms with Crippen LogP contribution in [0.2, 0.25) is 0 Å². The van der Waals surface area contributed by atoms with Crippen molar-refractivity contribution >= 4 is 54.5 Å². The minimum atomic E-state index is -0.413. The van der Waals surface area contributed by atoms with Gasteiger partial charge in [0.1, 0.15) is 17.0 Å². The van der Waals surface area contributed by atoms with Crippen LogP contribution in [0.15, 0.2) is 144 Å². The van der Waals surface area contributed by atoms with E-state index < -0.39 is 6.04 Å². The minimum Gasteiger partial charge on any atom is -0.456 e. The smallest absolute Gasteiger partial charge is 0.136 e. The molecule has 0 fully saturated rings. The Balaban J connectivity index is 1.50. The fourth-order valence-corrected chi connectivity index (χ4v) is 6.65. The third-order valence-electron chi connectivity index (χ3n) is 8.41. The second kappa shape index (κ2) is 9.17. The molecule has 0 unspecified atom stereocenters. The Morgan fingerprint density at radius 3 is 2.23 bits per heavy atom. The summed E-state index contributed by atoms with van der Waals surface area (Å²) >= 11 is 0. The third kappa shape index (κ3) is 3.52. The van der Waals surface area contributed by atoms with Gasteiger partial charge in [-0.05, 0) is 70.3 Å².